The van der Waals surface area contributed by atoms with Gasteiger partial charge in [0.25, 0.3) is 5.91 Å². The van der Waals surface area contributed by atoms with Crippen LogP contribution >= 0.6 is 11.8 Å². The van der Waals surface area contributed by atoms with E-state index in [9.17, 15) is 22.4 Å². The number of aromatic nitrogens is 1. The molecule has 1 fully saturated rings. The third-order valence-electron chi connectivity index (χ3n) is 5.67. The van der Waals surface area contributed by atoms with Crippen molar-refractivity contribution in [2.24, 2.45) is 0 Å². The van der Waals surface area contributed by atoms with E-state index in [0.29, 0.717) is 29.3 Å². The molecule has 0 bridgehead atoms. The summed E-state index contributed by atoms with van der Waals surface area (Å²) < 4.78 is 62.5. The van der Waals surface area contributed by atoms with Crippen LogP contribution < -0.4 is 5.32 Å². The Morgan fingerprint density at radius 2 is 1.97 bits per heavy atom. The summed E-state index contributed by atoms with van der Waals surface area (Å²) in [5.74, 6) is -0.987. The first-order valence-corrected chi connectivity index (χ1v) is 11.5. The average Bonchev–Trinajstić information content (AvgIpc) is 3.06. The topological polar surface area (TPSA) is 43.3 Å². The highest BCUT2D eigenvalue weighted by Gasteiger charge is 2.35. The van der Waals surface area contributed by atoms with Crippen molar-refractivity contribution in [1.29, 1.82) is 0 Å². The fourth-order valence-electron chi connectivity index (χ4n) is 3.92. The lowest BCUT2D eigenvalue weighted by Crippen LogP contribution is -2.31. The molecule has 0 saturated carbocycles. The number of carbonyl (C=O) groups is 1. The molecule has 2 heterocycles. The molecule has 2 aromatic carbocycles. The van der Waals surface area contributed by atoms with Crippen LogP contribution in [0.1, 0.15) is 27.9 Å². The van der Waals surface area contributed by atoms with Gasteiger partial charge in [0.05, 0.1) is 22.9 Å². The van der Waals surface area contributed by atoms with E-state index in [1.807, 2.05) is 0 Å². The highest BCUT2D eigenvalue weighted by Crippen LogP contribution is 2.39. The third kappa shape index (κ3) is 4.79. The second-order valence-corrected chi connectivity index (χ2v) is 8.65. The van der Waals surface area contributed by atoms with Crippen LogP contribution in [-0.2, 0) is 17.5 Å². The van der Waals surface area contributed by atoms with Gasteiger partial charge in [-0.15, -0.1) is 11.8 Å². The number of amides is 1. The van der Waals surface area contributed by atoms with Gasteiger partial charge in [-0.05, 0) is 49.4 Å². The van der Waals surface area contributed by atoms with Crippen molar-refractivity contribution in [2.75, 3.05) is 18.2 Å². The zero-order valence-electron chi connectivity index (χ0n) is 18.0. The lowest BCUT2D eigenvalue weighted by Gasteiger charge is -2.28. The quantitative estimate of drug-likeness (QED) is 0.330. The van der Waals surface area contributed by atoms with Gasteiger partial charge in [-0.3, -0.25) is 4.79 Å². The lowest BCUT2D eigenvalue weighted by molar-refractivity contribution is -0.137. The van der Waals surface area contributed by atoms with Crippen molar-refractivity contribution >= 4 is 23.4 Å². The van der Waals surface area contributed by atoms with Gasteiger partial charge < -0.3 is 14.6 Å². The van der Waals surface area contributed by atoms with Gasteiger partial charge in [-0.1, -0.05) is 18.2 Å². The van der Waals surface area contributed by atoms with Crippen molar-refractivity contribution in [3.8, 4) is 11.3 Å². The summed E-state index contributed by atoms with van der Waals surface area (Å²) in [6.07, 6.45) is -0.599. The summed E-state index contributed by atoms with van der Waals surface area (Å²) in [4.78, 5) is 13.5. The molecule has 4 rings (SSSR count). The van der Waals surface area contributed by atoms with Gasteiger partial charge in [-0.2, -0.15) is 13.2 Å². The van der Waals surface area contributed by atoms with Gasteiger partial charge in [0, 0.05) is 35.5 Å². The second kappa shape index (κ2) is 9.23. The van der Waals surface area contributed by atoms with Crippen LogP contribution in [0.3, 0.4) is 0 Å². The molecule has 1 unspecified atom stereocenters. The molecule has 4 nitrogen and oxygen atoms in total. The standard InChI is InChI=1S/C24H22F4N2O2S/c1-14-18(23(31)29-15-7-8-21(33-2)20(25)11-15)13-30(12-16-9-10-32-16)22(14)17-5-3-4-6-19(17)24(26,27)28/h3-8,11,13,16H,9-10,12H2,1-2H3,(H,29,31). The van der Waals surface area contributed by atoms with E-state index in [1.165, 1.54) is 36.0 Å². The van der Waals surface area contributed by atoms with Crippen molar-refractivity contribution in [3.63, 3.8) is 0 Å². The smallest absolute Gasteiger partial charge is 0.376 e. The summed E-state index contributed by atoms with van der Waals surface area (Å²) in [5, 5.41) is 2.65. The van der Waals surface area contributed by atoms with Crippen LogP contribution in [0.4, 0.5) is 23.2 Å². The number of carbonyl (C=O) groups excluding carboxylic acids is 1. The van der Waals surface area contributed by atoms with E-state index in [0.717, 1.165) is 12.5 Å². The fourth-order valence-corrected chi connectivity index (χ4v) is 4.38. The largest absolute Gasteiger partial charge is 0.417 e. The van der Waals surface area contributed by atoms with E-state index >= 15 is 0 Å². The molecular formula is C24H22F4N2O2S. The molecule has 0 aliphatic carbocycles. The molecule has 1 N–H and O–H groups in total. The first-order valence-electron chi connectivity index (χ1n) is 10.3. The number of halogens is 4. The number of anilines is 1. The average molecular weight is 479 g/mol. The van der Waals surface area contributed by atoms with Crippen molar-refractivity contribution in [3.05, 3.63) is 71.2 Å². The van der Waals surface area contributed by atoms with Crippen LogP contribution in [0, 0.1) is 12.7 Å². The zero-order chi connectivity index (χ0) is 23.8. The van der Waals surface area contributed by atoms with Gasteiger partial charge in [0.15, 0.2) is 0 Å². The first-order chi connectivity index (χ1) is 15.7. The SMILES string of the molecule is CSc1ccc(NC(=O)c2cn(CC3CCO3)c(-c3ccccc3C(F)(F)F)c2C)cc1F. The van der Waals surface area contributed by atoms with Crippen LogP contribution in [0.5, 0.6) is 0 Å². The molecular weight excluding hydrogens is 456 g/mol. The molecule has 0 spiro atoms. The minimum atomic E-state index is -4.55. The first kappa shape index (κ1) is 23.4. The maximum absolute atomic E-state index is 14.1. The Morgan fingerprint density at radius 1 is 1.24 bits per heavy atom. The molecule has 1 atom stereocenters. The molecule has 1 amide bonds. The van der Waals surface area contributed by atoms with Gasteiger partial charge in [0.2, 0.25) is 0 Å². The summed E-state index contributed by atoms with van der Waals surface area (Å²) in [5.41, 5.74) is 0.426. The maximum Gasteiger partial charge on any atom is 0.417 e. The van der Waals surface area contributed by atoms with Crippen molar-refractivity contribution in [2.45, 2.75) is 37.1 Å². The predicted molar refractivity (Wildman–Crippen MR) is 120 cm³/mol. The van der Waals surface area contributed by atoms with E-state index in [2.05, 4.69) is 5.32 Å². The third-order valence-corrected chi connectivity index (χ3v) is 6.44. The lowest BCUT2D eigenvalue weighted by atomic mass is 9.99. The zero-order valence-corrected chi connectivity index (χ0v) is 18.8. The van der Waals surface area contributed by atoms with Gasteiger partial charge in [-0.25, -0.2) is 4.39 Å². The van der Waals surface area contributed by atoms with E-state index < -0.39 is 23.5 Å². The van der Waals surface area contributed by atoms with E-state index in [4.69, 9.17) is 4.74 Å². The maximum atomic E-state index is 14.1. The highest BCUT2D eigenvalue weighted by atomic mass is 32.2. The van der Waals surface area contributed by atoms with Crippen molar-refractivity contribution < 1.29 is 27.1 Å². The molecule has 1 aliphatic rings. The molecule has 1 aromatic heterocycles. The Kier molecular flexibility index (Phi) is 6.54. The number of thioether (sulfide) groups is 1. The molecule has 33 heavy (non-hydrogen) atoms. The Bertz CT molecular complexity index is 1190. The summed E-state index contributed by atoms with van der Waals surface area (Å²) >= 11 is 1.25. The summed E-state index contributed by atoms with van der Waals surface area (Å²) in [7, 11) is 0. The summed E-state index contributed by atoms with van der Waals surface area (Å²) in [6, 6.07) is 9.68. The monoisotopic (exact) mass is 478 g/mol. The predicted octanol–water partition coefficient (Wildman–Crippen LogP) is 6.38. The molecule has 0 radical (unpaired) electrons. The number of nitrogens with zero attached hydrogens (tertiary/aromatic N) is 1. The van der Waals surface area contributed by atoms with E-state index in [-0.39, 0.29) is 22.9 Å². The Morgan fingerprint density at radius 3 is 2.58 bits per heavy atom. The molecule has 1 aliphatic heterocycles. The number of ether oxygens (including phenoxy) is 1. The number of nitrogens with one attached hydrogen (secondary N) is 1. The minimum absolute atomic E-state index is 0.00348. The van der Waals surface area contributed by atoms with Crippen LogP contribution in [0.15, 0.2) is 53.6 Å². The number of hydrogen-bond donors (Lipinski definition) is 1. The minimum Gasteiger partial charge on any atom is -0.376 e. The van der Waals surface area contributed by atoms with E-state index in [1.54, 1.807) is 36.1 Å². The molecule has 3 aromatic rings. The Balaban J connectivity index is 1.75. The summed E-state index contributed by atoms with van der Waals surface area (Å²) in [6.45, 7) is 2.55. The fraction of sp³-hybridized carbons (Fsp3) is 0.292. The number of rotatable bonds is 6. The number of hydrogen-bond acceptors (Lipinski definition) is 3. The normalized spacial score (nSPS) is 15.9. The molecule has 174 valence electrons. The van der Waals surface area contributed by atoms with Gasteiger partial charge in [0.1, 0.15) is 5.82 Å². The number of benzene rings is 2. The second-order valence-electron chi connectivity index (χ2n) is 7.80. The van der Waals surface area contributed by atoms with Gasteiger partial charge >= 0.3 is 6.18 Å². The van der Waals surface area contributed by atoms with Crippen LogP contribution in [-0.4, -0.2) is 29.4 Å². The van der Waals surface area contributed by atoms with Crippen LogP contribution in [0.2, 0.25) is 0 Å². The highest BCUT2D eigenvalue weighted by molar-refractivity contribution is 7.98. The van der Waals surface area contributed by atoms with Crippen molar-refractivity contribution in [1.82, 2.24) is 4.57 Å². The Labute approximate surface area is 192 Å². The number of alkyl halides is 3. The molecule has 9 heteroatoms. The Hall–Kier alpha value is -2.78. The molecule has 1 saturated heterocycles. The van der Waals surface area contributed by atoms with Crippen LogP contribution in [0.25, 0.3) is 11.3 Å².